The number of nitrogens with one attached hydrogen (secondary N) is 1. The van der Waals surface area contributed by atoms with E-state index in [-0.39, 0.29) is 11.8 Å². The smallest absolute Gasteiger partial charge is 0.223 e. The summed E-state index contributed by atoms with van der Waals surface area (Å²) in [6.07, 6.45) is 9.53. The summed E-state index contributed by atoms with van der Waals surface area (Å²) in [5, 5.41) is 3.12. The molecule has 0 bridgehead atoms. The summed E-state index contributed by atoms with van der Waals surface area (Å²) in [7, 11) is 0. The number of unbranched alkanes of at least 4 members (excludes halogenated alkanes) is 1. The van der Waals surface area contributed by atoms with E-state index >= 15 is 0 Å². The summed E-state index contributed by atoms with van der Waals surface area (Å²) in [6.45, 7) is 8.60. The molecule has 0 spiro atoms. The zero-order chi connectivity index (χ0) is 18.2. The second-order valence-electron chi connectivity index (χ2n) is 7.65. The van der Waals surface area contributed by atoms with Crippen molar-refractivity contribution in [1.82, 2.24) is 10.2 Å². The number of nitrogens with zero attached hydrogens (tertiary/aromatic N) is 2. The SMILES string of the molecule is Cc1cccc(N2CCN(CCCCNC(=O)C3CC=CCC3)CC2)c1. The first kappa shape index (κ1) is 19.0. The monoisotopic (exact) mass is 355 g/mol. The number of piperazine rings is 1. The highest BCUT2D eigenvalue weighted by atomic mass is 16.1. The van der Waals surface area contributed by atoms with Gasteiger partial charge in [-0.3, -0.25) is 9.69 Å². The van der Waals surface area contributed by atoms with Gasteiger partial charge in [0.05, 0.1) is 0 Å². The zero-order valence-electron chi connectivity index (χ0n) is 16.1. The van der Waals surface area contributed by atoms with Crippen molar-refractivity contribution in [1.29, 1.82) is 0 Å². The van der Waals surface area contributed by atoms with Crippen molar-refractivity contribution in [2.24, 2.45) is 5.92 Å². The maximum absolute atomic E-state index is 12.1. The predicted octanol–water partition coefficient (Wildman–Crippen LogP) is 3.37. The van der Waals surface area contributed by atoms with Gasteiger partial charge < -0.3 is 10.2 Å². The van der Waals surface area contributed by atoms with Crippen molar-refractivity contribution in [3.63, 3.8) is 0 Å². The molecule has 1 atom stereocenters. The molecule has 142 valence electrons. The Morgan fingerprint density at radius 3 is 2.73 bits per heavy atom. The largest absolute Gasteiger partial charge is 0.369 e. The molecule has 2 aliphatic rings. The topological polar surface area (TPSA) is 35.6 Å². The van der Waals surface area contributed by atoms with Gasteiger partial charge in [0.15, 0.2) is 0 Å². The molecule has 0 radical (unpaired) electrons. The number of allylic oxidation sites excluding steroid dienone is 2. The Balaban J connectivity index is 1.27. The molecule has 1 saturated heterocycles. The third kappa shape index (κ3) is 5.60. The van der Waals surface area contributed by atoms with Gasteiger partial charge in [0.2, 0.25) is 5.91 Å². The summed E-state index contributed by atoms with van der Waals surface area (Å²) in [6, 6.07) is 8.80. The van der Waals surface area contributed by atoms with Gasteiger partial charge in [0.1, 0.15) is 0 Å². The Bertz CT molecular complexity index is 605. The highest BCUT2D eigenvalue weighted by Crippen LogP contribution is 2.19. The summed E-state index contributed by atoms with van der Waals surface area (Å²) in [5.41, 5.74) is 2.68. The maximum atomic E-state index is 12.1. The Morgan fingerprint density at radius 1 is 1.15 bits per heavy atom. The number of carbonyl (C=O) groups excluding carboxylic acids is 1. The van der Waals surface area contributed by atoms with E-state index < -0.39 is 0 Å². The number of rotatable bonds is 7. The van der Waals surface area contributed by atoms with Gasteiger partial charge in [0.25, 0.3) is 0 Å². The van der Waals surface area contributed by atoms with E-state index in [4.69, 9.17) is 0 Å². The predicted molar refractivity (Wildman–Crippen MR) is 109 cm³/mol. The molecule has 1 aromatic rings. The molecular formula is C22H33N3O. The zero-order valence-corrected chi connectivity index (χ0v) is 16.1. The molecule has 0 saturated carbocycles. The molecule has 1 amide bonds. The Kier molecular flexibility index (Phi) is 7.13. The average Bonchev–Trinajstić information content (AvgIpc) is 2.69. The van der Waals surface area contributed by atoms with Crippen molar-refractivity contribution in [2.75, 3.05) is 44.2 Å². The van der Waals surface area contributed by atoms with Gasteiger partial charge >= 0.3 is 0 Å². The number of anilines is 1. The minimum Gasteiger partial charge on any atom is -0.369 e. The lowest BCUT2D eigenvalue weighted by atomic mass is 9.94. The summed E-state index contributed by atoms with van der Waals surface area (Å²) in [5.74, 6) is 0.454. The number of aryl methyl sites for hydroxylation is 1. The van der Waals surface area contributed by atoms with Crippen molar-refractivity contribution >= 4 is 11.6 Å². The average molecular weight is 356 g/mol. The van der Waals surface area contributed by atoms with Crippen LogP contribution in [0.5, 0.6) is 0 Å². The molecule has 1 N–H and O–H groups in total. The first-order chi connectivity index (χ1) is 12.7. The molecule has 3 rings (SSSR count). The Labute approximate surface area is 158 Å². The van der Waals surface area contributed by atoms with Gasteiger partial charge in [-0.15, -0.1) is 0 Å². The lowest BCUT2D eigenvalue weighted by Crippen LogP contribution is -2.46. The van der Waals surface area contributed by atoms with Gasteiger partial charge in [-0.05, 0) is 63.3 Å². The highest BCUT2D eigenvalue weighted by Gasteiger charge is 2.18. The lowest BCUT2D eigenvalue weighted by molar-refractivity contribution is -0.125. The fourth-order valence-electron chi connectivity index (χ4n) is 3.90. The van der Waals surface area contributed by atoms with Crippen molar-refractivity contribution < 1.29 is 4.79 Å². The van der Waals surface area contributed by atoms with E-state index in [0.29, 0.717) is 0 Å². The number of benzene rings is 1. The molecule has 0 aromatic heterocycles. The molecule has 1 aromatic carbocycles. The van der Waals surface area contributed by atoms with Crippen LogP contribution >= 0.6 is 0 Å². The van der Waals surface area contributed by atoms with Crippen molar-refractivity contribution in [2.45, 2.75) is 39.0 Å². The van der Waals surface area contributed by atoms with Crippen LogP contribution in [0.4, 0.5) is 5.69 Å². The van der Waals surface area contributed by atoms with Crippen LogP contribution in [0.2, 0.25) is 0 Å². The number of carbonyl (C=O) groups is 1. The minimum absolute atomic E-state index is 0.203. The number of hydrogen-bond acceptors (Lipinski definition) is 3. The molecule has 1 fully saturated rings. The van der Waals surface area contributed by atoms with E-state index in [0.717, 1.165) is 71.4 Å². The van der Waals surface area contributed by atoms with Crippen LogP contribution in [-0.4, -0.2) is 50.1 Å². The van der Waals surface area contributed by atoms with Crippen LogP contribution in [0.1, 0.15) is 37.7 Å². The van der Waals surface area contributed by atoms with E-state index in [1.165, 1.54) is 11.3 Å². The first-order valence-electron chi connectivity index (χ1n) is 10.2. The van der Waals surface area contributed by atoms with Crippen LogP contribution in [0, 0.1) is 12.8 Å². The third-order valence-electron chi connectivity index (χ3n) is 5.58. The Hall–Kier alpha value is -1.81. The second kappa shape index (κ2) is 9.77. The van der Waals surface area contributed by atoms with Gasteiger partial charge in [-0.25, -0.2) is 0 Å². The van der Waals surface area contributed by atoms with Crippen molar-refractivity contribution in [3.05, 3.63) is 42.0 Å². The highest BCUT2D eigenvalue weighted by molar-refractivity contribution is 5.78. The van der Waals surface area contributed by atoms with Crippen LogP contribution in [-0.2, 0) is 4.79 Å². The Morgan fingerprint density at radius 2 is 2.00 bits per heavy atom. The summed E-state index contributed by atoms with van der Waals surface area (Å²) >= 11 is 0. The van der Waals surface area contributed by atoms with E-state index in [9.17, 15) is 4.79 Å². The molecule has 4 nitrogen and oxygen atoms in total. The molecule has 1 aliphatic carbocycles. The molecule has 1 aliphatic heterocycles. The molecule has 1 heterocycles. The van der Waals surface area contributed by atoms with Gasteiger partial charge in [-0.1, -0.05) is 24.3 Å². The lowest BCUT2D eigenvalue weighted by Gasteiger charge is -2.36. The maximum Gasteiger partial charge on any atom is 0.223 e. The van der Waals surface area contributed by atoms with E-state index in [1.807, 2.05) is 0 Å². The molecule has 1 unspecified atom stereocenters. The first-order valence-corrected chi connectivity index (χ1v) is 10.2. The quantitative estimate of drug-likeness (QED) is 0.602. The second-order valence-corrected chi connectivity index (χ2v) is 7.65. The fraction of sp³-hybridized carbons (Fsp3) is 0.591. The fourth-order valence-corrected chi connectivity index (χ4v) is 3.90. The van der Waals surface area contributed by atoms with E-state index in [1.54, 1.807) is 0 Å². The van der Waals surface area contributed by atoms with E-state index in [2.05, 4.69) is 58.5 Å². The van der Waals surface area contributed by atoms with Crippen LogP contribution in [0.3, 0.4) is 0 Å². The number of amides is 1. The molecular weight excluding hydrogens is 322 g/mol. The number of hydrogen-bond donors (Lipinski definition) is 1. The van der Waals surface area contributed by atoms with Crippen LogP contribution in [0.15, 0.2) is 36.4 Å². The summed E-state index contributed by atoms with van der Waals surface area (Å²) in [4.78, 5) is 17.1. The standard InChI is InChI=1S/C22H33N3O/c1-19-8-7-11-21(18-19)25-16-14-24(15-17-25)13-6-5-12-23-22(26)20-9-3-2-4-10-20/h2-3,7-8,11,18,20H,4-6,9-10,12-17H2,1H3,(H,23,26). The molecule has 26 heavy (non-hydrogen) atoms. The molecule has 4 heteroatoms. The third-order valence-corrected chi connectivity index (χ3v) is 5.58. The van der Waals surface area contributed by atoms with Gasteiger partial charge in [0, 0.05) is 44.3 Å². The normalized spacial score (nSPS) is 21.0. The summed E-state index contributed by atoms with van der Waals surface area (Å²) < 4.78 is 0. The van der Waals surface area contributed by atoms with Crippen molar-refractivity contribution in [3.8, 4) is 0 Å². The van der Waals surface area contributed by atoms with Crippen LogP contribution in [0.25, 0.3) is 0 Å². The van der Waals surface area contributed by atoms with Crippen LogP contribution < -0.4 is 10.2 Å². The van der Waals surface area contributed by atoms with Gasteiger partial charge in [-0.2, -0.15) is 0 Å². The minimum atomic E-state index is 0.203.